The van der Waals surface area contributed by atoms with E-state index < -0.39 is 10.0 Å². The van der Waals surface area contributed by atoms with Gasteiger partial charge in [-0.2, -0.15) is 5.10 Å². The number of hydrogen-bond acceptors (Lipinski definition) is 4. The number of rotatable bonds is 5. The van der Waals surface area contributed by atoms with Gasteiger partial charge in [-0.05, 0) is 31.2 Å². The van der Waals surface area contributed by atoms with Crippen LogP contribution in [-0.4, -0.2) is 41.3 Å². The monoisotopic (exact) mass is 300 g/mol. The van der Waals surface area contributed by atoms with E-state index in [0.717, 1.165) is 19.3 Å². The van der Waals surface area contributed by atoms with E-state index in [-0.39, 0.29) is 11.8 Å². The molecule has 1 aliphatic rings. The highest BCUT2D eigenvalue weighted by Crippen LogP contribution is 2.24. The van der Waals surface area contributed by atoms with E-state index in [1.807, 2.05) is 24.7 Å². The van der Waals surface area contributed by atoms with E-state index in [9.17, 15) is 8.42 Å². The minimum Gasteiger partial charge on any atom is -0.382 e. The van der Waals surface area contributed by atoms with Crippen LogP contribution in [-0.2, 0) is 10.0 Å². The predicted molar refractivity (Wildman–Crippen MR) is 79.7 cm³/mol. The van der Waals surface area contributed by atoms with Crippen molar-refractivity contribution in [3.05, 3.63) is 12.3 Å². The third-order valence-corrected chi connectivity index (χ3v) is 5.68. The van der Waals surface area contributed by atoms with Gasteiger partial charge < -0.3 is 5.73 Å². The van der Waals surface area contributed by atoms with Gasteiger partial charge in [0.05, 0.1) is 11.8 Å². The number of aromatic nitrogens is 2. The van der Waals surface area contributed by atoms with Gasteiger partial charge in [0, 0.05) is 19.3 Å². The molecule has 20 heavy (non-hydrogen) atoms. The lowest BCUT2D eigenvalue weighted by Gasteiger charge is -2.31. The van der Waals surface area contributed by atoms with Crippen molar-refractivity contribution in [1.82, 2.24) is 14.1 Å². The molecule has 0 unspecified atom stereocenters. The fraction of sp³-hybridized carbons (Fsp3) is 0.769. The first-order valence-corrected chi connectivity index (χ1v) is 8.78. The second-order valence-electron chi connectivity index (χ2n) is 5.85. The molecule has 1 saturated heterocycles. The minimum atomic E-state index is -3.10. The summed E-state index contributed by atoms with van der Waals surface area (Å²) in [5.41, 5.74) is 5.61. The summed E-state index contributed by atoms with van der Waals surface area (Å²) in [6.45, 7) is 5.24. The van der Waals surface area contributed by atoms with Crippen LogP contribution in [0.5, 0.6) is 0 Å². The molecule has 0 radical (unpaired) electrons. The van der Waals surface area contributed by atoms with Crippen molar-refractivity contribution in [2.45, 2.75) is 39.2 Å². The first-order chi connectivity index (χ1) is 9.38. The second kappa shape index (κ2) is 6.13. The molecule has 1 fully saturated rings. The first kappa shape index (κ1) is 15.3. The zero-order valence-corrected chi connectivity index (χ0v) is 13.0. The molecule has 0 atom stereocenters. The number of sulfonamides is 1. The van der Waals surface area contributed by atoms with Crippen LogP contribution in [0.2, 0.25) is 0 Å². The van der Waals surface area contributed by atoms with E-state index >= 15 is 0 Å². The van der Waals surface area contributed by atoms with Crippen LogP contribution in [0, 0.1) is 5.92 Å². The average molecular weight is 300 g/mol. The van der Waals surface area contributed by atoms with Gasteiger partial charge >= 0.3 is 0 Å². The number of hydrogen-bond donors (Lipinski definition) is 1. The van der Waals surface area contributed by atoms with Gasteiger partial charge in [0.2, 0.25) is 10.0 Å². The van der Waals surface area contributed by atoms with E-state index in [2.05, 4.69) is 5.10 Å². The molecule has 0 bridgehead atoms. The van der Waals surface area contributed by atoms with Crippen LogP contribution in [0.1, 0.15) is 39.2 Å². The van der Waals surface area contributed by atoms with Crippen LogP contribution in [0.3, 0.4) is 0 Å². The van der Waals surface area contributed by atoms with Gasteiger partial charge in [-0.3, -0.25) is 4.68 Å². The highest BCUT2D eigenvalue weighted by atomic mass is 32.2. The molecule has 2 N–H and O–H groups in total. The molecule has 2 rings (SSSR count). The minimum absolute atomic E-state index is 0.254. The summed E-state index contributed by atoms with van der Waals surface area (Å²) in [5.74, 6) is 1.18. The number of piperidine rings is 1. The quantitative estimate of drug-likeness (QED) is 0.893. The van der Waals surface area contributed by atoms with Crippen LogP contribution in [0.4, 0.5) is 5.82 Å². The lowest BCUT2D eigenvalue weighted by molar-refractivity contribution is 0.261. The Bertz CT molecular complexity index is 530. The molecule has 7 heteroatoms. The summed E-state index contributed by atoms with van der Waals surface area (Å²) < 4.78 is 27.9. The van der Waals surface area contributed by atoms with Gasteiger partial charge in [0.25, 0.3) is 0 Å². The lowest BCUT2D eigenvalue weighted by atomic mass is 10.1. The molecule has 0 spiro atoms. The van der Waals surface area contributed by atoms with E-state index in [0.29, 0.717) is 24.8 Å². The number of nitrogens with two attached hydrogens (primary N) is 1. The smallest absolute Gasteiger partial charge is 0.214 e. The summed E-state index contributed by atoms with van der Waals surface area (Å²) >= 11 is 0. The Kier molecular flexibility index (Phi) is 4.70. The molecule has 2 heterocycles. The van der Waals surface area contributed by atoms with Gasteiger partial charge in [-0.15, -0.1) is 0 Å². The maximum absolute atomic E-state index is 12.2. The average Bonchev–Trinajstić information content (AvgIpc) is 2.83. The van der Waals surface area contributed by atoms with Crippen molar-refractivity contribution in [3.8, 4) is 0 Å². The first-order valence-electron chi connectivity index (χ1n) is 7.17. The van der Waals surface area contributed by atoms with Crippen LogP contribution < -0.4 is 5.73 Å². The van der Waals surface area contributed by atoms with Crippen molar-refractivity contribution in [2.24, 2.45) is 5.92 Å². The highest BCUT2D eigenvalue weighted by molar-refractivity contribution is 7.89. The van der Waals surface area contributed by atoms with Crippen LogP contribution in [0.25, 0.3) is 0 Å². The third kappa shape index (κ3) is 3.73. The molecular weight excluding hydrogens is 276 g/mol. The maximum Gasteiger partial charge on any atom is 0.214 e. The molecule has 0 saturated carbocycles. The zero-order valence-electron chi connectivity index (χ0n) is 12.2. The summed E-state index contributed by atoms with van der Waals surface area (Å²) in [6.07, 6.45) is 4.17. The van der Waals surface area contributed by atoms with E-state index in [4.69, 9.17) is 5.73 Å². The molecule has 114 valence electrons. The molecule has 0 aromatic carbocycles. The zero-order chi connectivity index (χ0) is 14.8. The fourth-order valence-electron chi connectivity index (χ4n) is 2.45. The third-order valence-electron chi connectivity index (χ3n) is 3.77. The van der Waals surface area contributed by atoms with Gasteiger partial charge in [-0.25, -0.2) is 12.7 Å². The standard InChI is InChI=1S/C13H24N4O2S/c1-11(2)6-10-20(18,19)16-7-3-12(4-8-16)17-9-5-13(14)15-17/h5,9,11-12H,3-4,6-8,10H2,1-2H3,(H2,14,15). The van der Waals surface area contributed by atoms with Crippen molar-refractivity contribution in [3.63, 3.8) is 0 Å². The highest BCUT2D eigenvalue weighted by Gasteiger charge is 2.28. The van der Waals surface area contributed by atoms with Crippen molar-refractivity contribution in [1.29, 1.82) is 0 Å². The SMILES string of the molecule is CC(C)CCS(=O)(=O)N1CCC(n2ccc(N)n2)CC1. The summed E-state index contributed by atoms with van der Waals surface area (Å²) in [5, 5.41) is 4.21. The van der Waals surface area contributed by atoms with Gasteiger partial charge in [0.1, 0.15) is 5.82 Å². The summed E-state index contributed by atoms with van der Waals surface area (Å²) in [7, 11) is -3.10. The van der Waals surface area contributed by atoms with E-state index in [1.54, 1.807) is 10.4 Å². The molecule has 0 amide bonds. The molecule has 1 aromatic heterocycles. The topological polar surface area (TPSA) is 81.2 Å². The largest absolute Gasteiger partial charge is 0.382 e. The lowest BCUT2D eigenvalue weighted by Crippen LogP contribution is -2.40. The number of nitrogen functional groups attached to an aromatic ring is 1. The summed E-state index contributed by atoms with van der Waals surface area (Å²) in [4.78, 5) is 0. The van der Waals surface area contributed by atoms with E-state index in [1.165, 1.54) is 0 Å². The van der Waals surface area contributed by atoms with Crippen LogP contribution >= 0.6 is 0 Å². The second-order valence-corrected chi connectivity index (χ2v) is 7.94. The Morgan fingerprint density at radius 2 is 2.05 bits per heavy atom. The molecule has 1 aliphatic heterocycles. The molecule has 6 nitrogen and oxygen atoms in total. The number of nitrogens with zero attached hydrogens (tertiary/aromatic N) is 3. The summed E-state index contributed by atoms with van der Waals surface area (Å²) in [6, 6.07) is 2.02. The Hall–Kier alpha value is -1.08. The van der Waals surface area contributed by atoms with Gasteiger partial charge in [0.15, 0.2) is 0 Å². The number of anilines is 1. The Balaban J connectivity index is 1.90. The molecular formula is C13H24N4O2S. The molecule has 1 aromatic rings. The van der Waals surface area contributed by atoms with Crippen molar-refractivity contribution in [2.75, 3.05) is 24.6 Å². The molecule has 0 aliphatic carbocycles. The Labute approximate surface area is 121 Å². The Morgan fingerprint density at radius 3 is 2.55 bits per heavy atom. The fourth-order valence-corrected chi connectivity index (χ4v) is 4.25. The van der Waals surface area contributed by atoms with Gasteiger partial charge in [-0.1, -0.05) is 13.8 Å². The Morgan fingerprint density at radius 1 is 1.40 bits per heavy atom. The van der Waals surface area contributed by atoms with Crippen molar-refractivity contribution >= 4 is 15.8 Å². The van der Waals surface area contributed by atoms with Crippen LogP contribution in [0.15, 0.2) is 12.3 Å². The predicted octanol–water partition coefficient (Wildman–Crippen LogP) is 1.48. The van der Waals surface area contributed by atoms with Crippen molar-refractivity contribution < 1.29 is 8.42 Å². The normalized spacial score (nSPS) is 18.8. The maximum atomic E-state index is 12.2.